The second-order valence-corrected chi connectivity index (χ2v) is 8.27. The number of fused-ring (bicyclic) bond motifs is 2. The molecule has 0 bridgehead atoms. The van der Waals surface area contributed by atoms with Gasteiger partial charge in [-0.3, -0.25) is 14.4 Å². The number of carbonyl (C=O) groups excluding carboxylic acids is 3. The highest BCUT2D eigenvalue weighted by Crippen LogP contribution is 2.37. The van der Waals surface area contributed by atoms with Crippen LogP contribution in [-0.4, -0.2) is 48.9 Å². The second kappa shape index (κ2) is 10.4. The number of unbranched alkanes of at least 4 members (excludes halogenated alkanes) is 2. The molecule has 1 atom stereocenters. The molecular weight excluding hydrogens is 422 g/mol. The molecule has 2 heterocycles. The van der Waals surface area contributed by atoms with Crippen molar-refractivity contribution in [3.8, 4) is 11.5 Å². The van der Waals surface area contributed by atoms with Crippen LogP contribution in [0.15, 0.2) is 42.5 Å². The topological polar surface area (TPSA) is 97.0 Å². The number of carbonyl (C=O) groups is 3. The molecule has 2 aromatic carbocycles. The predicted octanol–water partition coefficient (Wildman–Crippen LogP) is 3.83. The van der Waals surface area contributed by atoms with Crippen LogP contribution >= 0.6 is 0 Å². The van der Waals surface area contributed by atoms with E-state index in [1.54, 1.807) is 17.0 Å². The van der Waals surface area contributed by atoms with Gasteiger partial charge in [-0.15, -0.1) is 0 Å². The molecular formula is C25H29N3O5. The standard InChI is InChI=1S/C25H29N3O5/c1-32-21-15-18-19(27-24(30)20-11-8-13-28(20)25(18)31)16-22(21)33-14-7-3-6-12-23(29)26-17-9-4-2-5-10-17/h2,4-5,9-10,15-16,20H,3,6-8,11-14H2,1H3,(H,26,29)(H,27,30)/t20-/m0/s1. The monoisotopic (exact) mass is 451 g/mol. The van der Waals surface area contributed by atoms with Crippen LogP contribution in [0.25, 0.3) is 0 Å². The zero-order valence-corrected chi connectivity index (χ0v) is 18.8. The third-order valence-corrected chi connectivity index (χ3v) is 5.97. The predicted molar refractivity (Wildman–Crippen MR) is 125 cm³/mol. The van der Waals surface area contributed by atoms with E-state index in [4.69, 9.17) is 9.47 Å². The van der Waals surface area contributed by atoms with Crippen molar-refractivity contribution in [3.63, 3.8) is 0 Å². The average molecular weight is 452 g/mol. The first kappa shape index (κ1) is 22.6. The summed E-state index contributed by atoms with van der Waals surface area (Å²) < 4.78 is 11.3. The molecule has 174 valence electrons. The fraction of sp³-hybridized carbons (Fsp3) is 0.400. The first-order valence-electron chi connectivity index (χ1n) is 11.4. The number of amides is 3. The Morgan fingerprint density at radius 3 is 2.73 bits per heavy atom. The number of nitrogens with zero attached hydrogens (tertiary/aromatic N) is 1. The summed E-state index contributed by atoms with van der Waals surface area (Å²) in [6, 6.07) is 12.3. The summed E-state index contributed by atoms with van der Waals surface area (Å²) in [7, 11) is 1.53. The van der Waals surface area contributed by atoms with Gasteiger partial charge in [-0.1, -0.05) is 18.2 Å². The molecule has 2 N–H and O–H groups in total. The van der Waals surface area contributed by atoms with Gasteiger partial charge in [-0.25, -0.2) is 0 Å². The normalized spacial score (nSPS) is 17.0. The summed E-state index contributed by atoms with van der Waals surface area (Å²) in [5.74, 6) is 0.605. The highest BCUT2D eigenvalue weighted by molar-refractivity contribution is 6.10. The molecule has 0 unspecified atom stereocenters. The van der Waals surface area contributed by atoms with Gasteiger partial charge in [0.25, 0.3) is 5.91 Å². The van der Waals surface area contributed by atoms with Crippen molar-refractivity contribution in [1.29, 1.82) is 0 Å². The van der Waals surface area contributed by atoms with Gasteiger partial charge < -0.3 is 25.0 Å². The van der Waals surface area contributed by atoms with Crippen LogP contribution in [0.2, 0.25) is 0 Å². The molecule has 2 aliphatic heterocycles. The van der Waals surface area contributed by atoms with Crippen LogP contribution in [0.3, 0.4) is 0 Å². The van der Waals surface area contributed by atoms with Gasteiger partial charge in [0.1, 0.15) is 6.04 Å². The molecule has 0 spiro atoms. The van der Waals surface area contributed by atoms with Crippen molar-refractivity contribution in [3.05, 3.63) is 48.0 Å². The third-order valence-electron chi connectivity index (χ3n) is 5.97. The van der Waals surface area contributed by atoms with Gasteiger partial charge in [-0.2, -0.15) is 0 Å². The van der Waals surface area contributed by atoms with Gasteiger partial charge in [0.05, 0.1) is 25.0 Å². The van der Waals surface area contributed by atoms with E-state index in [1.807, 2.05) is 30.3 Å². The Hall–Kier alpha value is -3.55. The molecule has 0 radical (unpaired) electrons. The minimum Gasteiger partial charge on any atom is -0.493 e. The third kappa shape index (κ3) is 5.27. The lowest BCUT2D eigenvalue weighted by molar-refractivity contribution is -0.119. The van der Waals surface area contributed by atoms with Crippen molar-refractivity contribution >= 4 is 29.1 Å². The highest BCUT2D eigenvalue weighted by Gasteiger charge is 2.39. The number of hydrogen-bond donors (Lipinski definition) is 2. The van der Waals surface area contributed by atoms with Gasteiger partial charge in [0.2, 0.25) is 11.8 Å². The van der Waals surface area contributed by atoms with Gasteiger partial charge in [0, 0.05) is 24.7 Å². The minimum absolute atomic E-state index is 0.00421. The van der Waals surface area contributed by atoms with E-state index in [2.05, 4.69) is 10.6 Å². The Balaban J connectivity index is 1.29. The molecule has 8 nitrogen and oxygen atoms in total. The van der Waals surface area contributed by atoms with Crippen LogP contribution in [0.4, 0.5) is 11.4 Å². The quantitative estimate of drug-likeness (QED) is 0.565. The SMILES string of the molecule is COc1cc2c(cc1OCCCCCC(=O)Nc1ccccc1)NC(=O)[C@@H]1CCCN1C2=O. The van der Waals surface area contributed by atoms with Crippen LogP contribution < -0.4 is 20.1 Å². The minimum atomic E-state index is -0.417. The lowest BCUT2D eigenvalue weighted by atomic mass is 10.1. The van der Waals surface area contributed by atoms with Crippen LogP contribution in [0.5, 0.6) is 11.5 Å². The number of benzene rings is 2. The molecule has 4 rings (SSSR count). The van der Waals surface area contributed by atoms with Crippen molar-refractivity contribution in [1.82, 2.24) is 4.90 Å². The van der Waals surface area contributed by atoms with E-state index >= 15 is 0 Å². The Kier molecular flexibility index (Phi) is 7.12. The number of para-hydroxylation sites is 1. The molecule has 0 saturated carbocycles. The molecule has 1 saturated heterocycles. The van der Waals surface area contributed by atoms with E-state index in [0.717, 1.165) is 31.4 Å². The van der Waals surface area contributed by atoms with Gasteiger partial charge in [0.15, 0.2) is 11.5 Å². The number of rotatable bonds is 9. The number of ether oxygens (including phenoxy) is 2. The number of hydrogen-bond acceptors (Lipinski definition) is 5. The van der Waals surface area contributed by atoms with Crippen LogP contribution in [0, 0.1) is 0 Å². The molecule has 0 aliphatic carbocycles. The molecule has 2 aromatic rings. The van der Waals surface area contributed by atoms with Crippen molar-refractivity contribution in [2.75, 3.05) is 30.9 Å². The zero-order chi connectivity index (χ0) is 23.2. The van der Waals surface area contributed by atoms with Crippen LogP contribution in [0.1, 0.15) is 48.9 Å². The molecule has 33 heavy (non-hydrogen) atoms. The van der Waals surface area contributed by atoms with E-state index < -0.39 is 6.04 Å². The Morgan fingerprint density at radius 1 is 1.12 bits per heavy atom. The largest absolute Gasteiger partial charge is 0.493 e. The summed E-state index contributed by atoms with van der Waals surface area (Å²) in [5.41, 5.74) is 1.67. The van der Waals surface area contributed by atoms with Crippen LogP contribution in [-0.2, 0) is 9.59 Å². The smallest absolute Gasteiger partial charge is 0.256 e. The highest BCUT2D eigenvalue weighted by atomic mass is 16.5. The molecule has 3 amide bonds. The van der Waals surface area contributed by atoms with Crippen molar-refractivity contribution in [2.24, 2.45) is 0 Å². The lowest BCUT2D eigenvalue weighted by Gasteiger charge is -2.20. The Labute approximate surface area is 193 Å². The first-order chi connectivity index (χ1) is 16.1. The maximum absolute atomic E-state index is 13.0. The molecule has 2 aliphatic rings. The average Bonchev–Trinajstić information content (AvgIpc) is 3.28. The number of nitrogens with one attached hydrogen (secondary N) is 2. The van der Waals surface area contributed by atoms with E-state index in [-0.39, 0.29) is 17.7 Å². The van der Waals surface area contributed by atoms with Crippen molar-refractivity contribution in [2.45, 2.75) is 44.6 Å². The maximum Gasteiger partial charge on any atom is 0.256 e. The second-order valence-electron chi connectivity index (χ2n) is 8.27. The number of methoxy groups -OCH3 is 1. The zero-order valence-electron chi connectivity index (χ0n) is 18.8. The van der Waals surface area contributed by atoms with E-state index in [0.29, 0.717) is 48.7 Å². The molecule has 0 aromatic heterocycles. The summed E-state index contributed by atoms with van der Waals surface area (Å²) >= 11 is 0. The summed E-state index contributed by atoms with van der Waals surface area (Å²) in [6.07, 6.45) is 4.30. The maximum atomic E-state index is 13.0. The fourth-order valence-electron chi connectivity index (χ4n) is 4.26. The summed E-state index contributed by atoms with van der Waals surface area (Å²) in [4.78, 5) is 39.2. The Morgan fingerprint density at radius 2 is 1.94 bits per heavy atom. The fourth-order valence-corrected chi connectivity index (χ4v) is 4.26. The van der Waals surface area contributed by atoms with Crippen molar-refractivity contribution < 1.29 is 23.9 Å². The Bertz CT molecular complexity index is 1020. The van der Waals surface area contributed by atoms with E-state index in [1.165, 1.54) is 7.11 Å². The molecule has 1 fully saturated rings. The van der Waals surface area contributed by atoms with Gasteiger partial charge in [-0.05, 0) is 50.3 Å². The molecule has 8 heteroatoms. The van der Waals surface area contributed by atoms with Gasteiger partial charge >= 0.3 is 0 Å². The lowest BCUT2D eigenvalue weighted by Crippen LogP contribution is -2.40. The first-order valence-corrected chi connectivity index (χ1v) is 11.4. The summed E-state index contributed by atoms with van der Waals surface area (Å²) in [6.45, 7) is 1.02. The number of anilines is 2. The van der Waals surface area contributed by atoms with E-state index in [9.17, 15) is 14.4 Å². The summed E-state index contributed by atoms with van der Waals surface area (Å²) in [5, 5.41) is 5.75.